The number of hydrogen-bond donors (Lipinski definition) is 3. The van der Waals surface area contributed by atoms with Gasteiger partial charge in [-0.2, -0.15) is 8.78 Å². The zero-order valence-corrected chi connectivity index (χ0v) is 10.4. The summed E-state index contributed by atoms with van der Waals surface area (Å²) in [5.74, 6) is -2.46. The van der Waals surface area contributed by atoms with Crippen LogP contribution in [0.1, 0.15) is 17.3 Å². The summed E-state index contributed by atoms with van der Waals surface area (Å²) in [7, 11) is 0. The van der Waals surface area contributed by atoms with Gasteiger partial charge in [0.2, 0.25) is 0 Å². The third-order valence-electron chi connectivity index (χ3n) is 2.36. The zero-order chi connectivity index (χ0) is 15.3. The highest BCUT2D eigenvalue weighted by Crippen LogP contribution is 2.16. The summed E-state index contributed by atoms with van der Waals surface area (Å²) in [4.78, 5) is 22.6. The molecule has 3 N–H and O–H groups in total. The normalized spacial score (nSPS) is 13.7. The zero-order valence-electron chi connectivity index (χ0n) is 10.4. The van der Waals surface area contributed by atoms with Gasteiger partial charge in [-0.1, -0.05) is 6.07 Å². The number of nitrogens with one attached hydrogen (secondary N) is 1. The fourth-order valence-corrected chi connectivity index (χ4v) is 1.43. The van der Waals surface area contributed by atoms with Gasteiger partial charge in [0.15, 0.2) is 6.04 Å². The van der Waals surface area contributed by atoms with Crippen LogP contribution in [0.3, 0.4) is 0 Å². The second-order valence-electron chi connectivity index (χ2n) is 3.94. The van der Waals surface area contributed by atoms with Gasteiger partial charge in [-0.3, -0.25) is 4.79 Å². The summed E-state index contributed by atoms with van der Waals surface area (Å²) in [6, 6.07) is 3.39. The van der Waals surface area contributed by atoms with Crippen molar-refractivity contribution in [3.05, 3.63) is 29.8 Å². The Labute approximate surface area is 113 Å². The standard InChI is InChI=1S/C12H13F2NO5/c1-6(16)9(11(18)19)15-10(17)7-3-2-4-8(5-7)20-12(13)14/h2-6,9,12,16H,1H3,(H,15,17)(H,18,19)/t6-,9+/m1/s1. The highest BCUT2D eigenvalue weighted by molar-refractivity contribution is 5.97. The van der Waals surface area contributed by atoms with Crippen LogP contribution in [0.15, 0.2) is 24.3 Å². The molecule has 0 fully saturated rings. The van der Waals surface area contributed by atoms with Gasteiger partial charge in [-0.05, 0) is 25.1 Å². The Kier molecular flexibility index (Phi) is 5.39. The van der Waals surface area contributed by atoms with Crippen molar-refractivity contribution >= 4 is 11.9 Å². The molecule has 0 saturated carbocycles. The third kappa shape index (κ3) is 4.47. The maximum atomic E-state index is 12.0. The Morgan fingerprint density at radius 1 is 1.35 bits per heavy atom. The van der Waals surface area contributed by atoms with Crippen LogP contribution in [0.25, 0.3) is 0 Å². The molecule has 20 heavy (non-hydrogen) atoms. The first-order valence-corrected chi connectivity index (χ1v) is 5.58. The van der Waals surface area contributed by atoms with E-state index in [9.17, 15) is 23.5 Å². The van der Waals surface area contributed by atoms with E-state index in [-0.39, 0.29) is 11.3 Å². The summed E-state index contributed by atoms with van der Waals surface area (Å²) < 4.78 is 28.2. The Balaban J connectivity index is 2.84. The molecule has 0 aromatic heterocycles. The number of hydrogen-bond acceptors (Lipinski definition) is 4. The number of rotatable bonds is 6. The average Bonchev–Trinajstić information content (AvgIpc) is 2.34. The van der Waals surface area contributed by atoms with Crippen molar-refractivity contribution in [3.8, 4) is 5.75 Å². The largest absolute Gasteiger partial charge is 0.480 e. The van der Waals surface area contributed by atoms with Crippen LogP contribution in [0, 0.1) is 0 Å². The van der Waals surface area contributed by atoms with E-state index < -0.39 is 30.6 Å². The van der Waals surface area contributed by atoms with Gasteiger partial charge in [0.1, 0.15) is 5.75 Å². The van der Waals surface area contributed by atoms with Crippen LogP contribution in [-0.2, 0) is 4.79 Å². The van der Waals surface area contributed by atoms with E-state index in [1.54, 1.807) is 0 Å². The van der Waals surface area contributed by atoms with Crippen LogP contribution in [0.2, 0.25) is 0 Å². The van der Waals surface area contributed by atoms with Gasteiger partial charge in [0, 0.05) is 5.56 Å². The van der Waals surface area contributed by atoms with Crippen molar-refractivity contribution in [2.75, 3.05) is 0 Å². The predicted molar refractivity (Wildman–Crippen MR) is 63.6 cm³/mol. The molecule has 8 heteroatoms. The number of carbonyl (C=O) groups is 2. The first kappa shape index (κ1) is 15.8. The number of benzene rings is 1. The Bertz CT molecular complexity index is 492. The number of amides is 1. The molecule has 0 heterocycles. The summed E-state index contributed by atoms with van der Waals surface area (Å²) in [6.45, 7) is -1.83. The number of alkyl halides is 2. The number of aliphatic carboxylic acids is 1. The van der Waals surface area contributed by atoms with Crippen LogP contribution in [0.4, 0.5) is 8.78 Å². The molecule has 0 spiro atoms. The monoisotopic (exact) mass is 289 g/mol. The minimum absolute atomic E-state index is 0.0601. The summed E-state index contributed by atoms with van der Waals surface area (Å²) in [6.07, 6.45) is -1.31. The molecule has 2 atom stereocenters. The molecule has 1 rings (SSSR count). The lowest BCUT2D eigenvalue weighted by Gasteiger charge is -2.17. The molecule has 1 amide bonds. The van der Waals surface area contributed by atoms with Crippen molar-refractivity contribution in [2.24, 2.45) is 0 Å². The predicted octanol–water partition coefficient (Wildman–Crippen LogP) is 0.852. The number of carboxylic acid groups (broad SMARTS) is 1. The molecular weight excluding hydrogens is 276 g/mol. The second-order valence-corrected chi connectivity index (χ2v) is 3.94. The third-order valence-corrected chi connectivity index (χ3v) is 2.36. The van der Waals surface area contributed by atoms with E-state index in [2.05, 4.69) is 10.1 Å². The SMILES string of the molecule is C[C@@H](O)[C@H](NC(=O)c1cccc(OC(F)F)c1)C(=O)O. The van der Waals surface area contributed by atoms with Crippen molar-refractivity contribution < 1.29 is 33.3 Å². The van der Waals surface area contributed by atoms with Gasteiger partial charge >= 0.3 is 12.6 Å². The number of ether oxygens (including phenoxy) is 1. The van der Waals surface area contributed by atoms with Crippen molar-refractivity contribution in [1.82, 2.24) is 5.32 Å². The van der Waals surface area contributed by atoms with Gasteiger partial charge in [-0.25, -0.2) is 4.79 Å². The number of halogens is 2. The number of carboxylic acids is 1. The van der Waals surface area contributed by atoms with Crippen LogP contribution < -0.4 is 10.1 Å². The maximum Gasteiger partial charge on any atom is 0.387 e. The summed E-state index contributed by atoms with van der Waals surface area (Å²) >= 11 is 0. The molecule has 1 aromatic carbocycles. The lowest BCUT2D eigenvalue weighted by Crippen LogP contribution is -2.47. The van der Waals surface area contributed by atoms with Crippen LogP contribution >= 0.6 is 0 Å². The number of aliphatic hydroxyl groups is 1. The Hall–Kier alpha value is -2.22. The van der Waals surface area contributed by atoms with Gasteiger partial charge < -0.3 is 20.3 Å². The molecular formula is C12H13F2NO5. The molecule has 1 aromatic rings. The summed E-state index contributed by atoms with van der Waals surface area (Å²) in [5.41, 5.74) is -0.0601. The maximum absolute atomic E-state index is 12.0. The topological polar surface area (TPSA) is 95.9 Å². The average molecular weight is 289 g/mol. The van der Waals surface area contributed by atoms with E-state index in [0.717, 1.165) is 6.07 Å². The lowest BCUT2D eigenvalue weighted by molar-refractivity contribution is -0.141. The highest BCUT2D eigenvalue weighted by atomic mass is 19.3. The smallest absolute Gasteiger partial charge is 0.387 e. The molecule has 0 aliphatic carbocycles. The second kappa shape index (κ2) is 6.80. The lowest BCUT2D eigenvalue weighted by atomic mass is 10.1. The fourth-order valence-electron chi connectivity index (χ4n) is 1.43. The number of aliphatic hydroxyl groups excluding tert-OH is 1. The molecule has 0 aliphatic rings. The Morgan fingerprint density at radius 3 is 2.50 bits per heavy atom. The van der Waals surface area contributed by atoms with E-state index in [1.165, 1.54) is 25.1 Å². The van der Waals surface area contributed by atoms with Crippen molar-refractivity contribution in [2.45, 2.75) is 25.7 Å². The molecule has 0 aliphatic heterocycles. The first-order valence-electron chi connectivity index (χ1n) is 5.58. The molecule has 6 nitrogen and oxygen atoms in total. The minimum Gasteiger partial charge on any atom is -0.480 e. The van der Waals surface area contributed by atoms with Gasteiger partial charge in [0.25, 0.3) is 5.91 Å². The molecule has 0 saturated heterocycles. The minimum atomic E-state index is -3.03. The fraction of sp³-hybridized carbons (Fsp3) is 0.333. The van der Waals surface area contributed by atoms with Crippen LogP contribution in [0.5, 0.6) is 5.75 Å². The molecule has 0 unspecified atom stereocenters. The number of carbonyl (C=O) groups excluding carboxylic acids is 1. The molecule has 0 bridgehead atoms. The van der Waals surface area contributed by atoms with Crippen molar-refractivity contribution in [1.29, 1.82) is 0 Å². The van der Waals surface area contributed by atoms with Crippen LogP contribution in [-0.4, -0.2) is 40.8 Å². The quantitative estimate of drug-likeness (QED) is 0.721. The molecule has 110 valence electrons. The van der Waals surface area contributed by atoms with E-state index >= 15 is 0 Å². The Morgan fingerprint density at radius 2 is 2.00 bits per heavy atom. The van der Waals surface area contributed by atoms with Gasteiger partial charge in [0.05, 0.1) is 6.10 Å². The van der Waals surface area contributed by atoms with E-state index in [1.807, 2.05) is 0 Å². The summed E-state index contributed by atoms with van der Waals surface area (Å²) in [5, 5.41) is 20.1. The van der Waals surface area contributed by atoms with Crippen molar-refractivity contribution in [3.63, 3.8) is 0 Å². The van der Waals surface area contributed by atoms with Gasteiger partial charge in [-0.15, -0.1) is 0 Å². The highest BCUT2D eigenvalue weighted by Gasteiger charge is 2.25. The van der Waals surface area contributed by atoms with E-state index in [4.69, 9.17) is 5.11 Å². The first-order chi connectivity index (χ1) is 9.31. The molecule has 0 radical (unpaired) electrons. The van der Waals surface area contributed by atoms with E-state index in [0.29, 0.717) is 0 Å².